The first kappa shape index (κ1) is 16.5. The van der Waals surface area contributed by atoms with Crippen LogP contribution >= 0.6 is 0 Å². The molecule has 1 aliphatic heterocycles. The first-order valence-electron chi connectivity index (χ1n) is 7.87. The van der Waals surface area contributed by atoms with Gasteiger partial charge in [0, 0.05) is 25.3 Å². The van der Waals surface area contributed by atoms with Crippen molar-refractivity contribution in [1.29, 1.82) is 5.26 Å². The zero-order valence-electron chi connectivity index (χ0n) is 13.7. The summed E-state index contributed by atoms with van der Waals surface area (Å²) in [5.74, 6) is 0.0931. The van der Waals surface area contributed by atoms with Crippen molar-refractivity contribution in [1.82, 2.24) is 19.6 Å². The molecule has 0 N–H and O–H groups in total. The summed E-state index contributed by atoms with van der Waals surface area (Å²) in [6, 6.07) is 4.53. The molecule has 1 amide bonds. The van der Waals surface area contributed by atoms with Crippen LogP contribution < -0.4 is 0 Å². The Balaban J connectivity index is 1.92. The van der Waals surface area contributed by atoms with Crippen LogP contribution in [0.3, 0.4) is 0 Å². The van der Waals surface area contributed by atoms with E-state index in [1.165, 1.54) is 5.69 Å². The van der Waals surface area contributed by atoms with Gasteiger partial charge in [-0.2, -0.15) is 10.4 Å². The van der Waals surface area contributed by atoms with Gasteiger partial charge in [0.15, 0.2) is 0 Å². The van der Waals surface area contributed by atoms with Gasteiger partial charge in [0.25, 0.3) is 0 Å². The number of carbonyl (C=O) groups excluding carboxylic acids is 1. The summed E-state index contributed by atoms with van der Waals surface area (Å²) < 4.78 is 2.04. The molecule has 1 atom stereocenters. The third kappa shape index (κ3) is 4.08. The van der Waals surface area contributed by atoms with Gasteiger partial charge in [0.2, 0.25) is 5.91 Å². The summed E-state index contributed by atoms with van der Waals surface area (Å²) in [4.78, 5) is 16.1. The largest absolute Gasteiger partial charge is 0.344 e. The van der Waals surface area contributed by atoms with Gasteiger partial charge in [-0.1, -0.05) is 0 Å². The maximum absolute atomic E-state index is 12.2. The number of hydrogen-bond acceptors (Lipinski definition) is 4. The molecule has 0 unspecified atom stereocenters. The lowest BCUT2D eigenvalue weighted by Gasteiger charge is -2.26. The Bertz CT molecular complexity index is 559. The summed E-state index contributed by atoms with van der Waals surface area (Å²) in [7, 11) is 1.77. The first-order chi connectivity index (χ1) is 10.5. The molecule has 1 aromatic rings. The van der Waals surface area contributed by atoms with E-state index in [0.717, 1.165) is 31.6 Å². The number of amides is 1. The molecule has 0 bridgehead atoms. The second-order valence-electron chi connectivity index (χ2n) is 6.10. The Morgan fingerprint density at radius 2 is 2.32 bits per heavy atom. The maximum Gasteiger partial charge on any atom is 0.236 e. The van der Waals surface area contributed by atoms with Crippen molar-refractivity contribution in [2.75, 3.05) is 26.7 Å². The van der Waals surface area contributed by atoms with Crippen LogP contribution in [0.4, 0.5) is 0 Å². The standard InChI is InChI=1S/C16H25N5O/c1-13-10-14(2)21(18-13)11-15-6-4-9-20(15)12-16(22)19(3)8-5-7-17/h10,15H,4-6,8-9,11-12H2,1-3H3/t15-/m0/s1. The number of nitrogens with zero attached hydrogens (tertiary/aromatic N) is 5. The van der Waals surface area contributed by atoms with Crippen molar-refractivity contribution in [2.45, 2.75) is 45.7 Å². The van der Waals surface area contributed by atoms with Gasteiger partial charge in [-0.25, -0.2) is 0 Å². The third-order valence-electron chi connectivity index (χ3n) is 4.31. The average molecular weight is 303 g/mol. The second kappa shape index (κ2) is 7.41. The second-order valence-corrected chi connectivity index (χ2v) is 6.10. The summed E-state index contributed by atoms with van der Waals surface area (Å²) >= 11 is 0. The summed E-state index contributed by atoms with van der Waals surface area (Å²) in [6.07, 6.45) is 2.62. The van der Waals surface area contributed by atoms with E-state index in [1.54, 1.807) is 11.9 Å². The molecule has 1 saturated heterocycles. The van der Waals surface area contributed by atoms with Crippen LogP contribution in [0.5, 0.6) is 0 Å². The lowest BCUT2D eigenvalue weighted by atomic mass is 10.2. The molecule has 0 spiro atoms. The van der Waals surface area contributed by atoms with Crippen LogP contribution in [0.2, 0.25) is 0 Å². The Morgan fingerprint density at radius 3 is 2.95 bits per heavy atom. The minimum absolute atomic E-state index is 0.0931. The Labute approximate surface area is 132 Å². The van der Waals surface area contributed by atoms with E-state index in [1.807, 2.05) is 11.6 Å². The molecule has 0 saturated carbocycles. The number of hydrogen-bond donors (Lipinski definition) is 0. The zero-order valence-corrected chi connectivity index (χ0v) is 13.7. The maximum atomic E-state index is 12.2. The highest BCUT2D eigenvalue weighted by atomic mass is 16.2. The normalized spacial score (nSPS) is 18.4. The molecular formula is C16H25N5O. The predicted octanol–water partition coefficient (Wildman–Crippen LogP) is 1.34. The molecule has 0 aliphatic carbocycles. The van der Waals surface area contributed by atoms with Crippen molar-refractivity contribution in [3.8, 4) is 6.07 Å². The molecule has 2 heterocycles. The number of rotatable bonds is 6. The van der Waals surface area contributed by atoms with E-state index in [9.17, 15) is 4.79 Å². The Kier molecular flexibility index (Phi) is 5.56. The van der Waals surface area contributed by atoms with Crippen molar-refractivity contribution < 1.29 is 4.79 Å². The molecule has 22 heavy (non-hydrogen) atoms. The van der Waals surface area contributed by atoms with Gasteiger partial charge >= 0.3 is 0 Å². The lowest BCUT2D eigenvalue weighted by molar-refractivity contribution is -0.131. The van der Waals surface area contributed by atoms with Crippen molar-refractivity contribution in [3.05, 3.63) is 17.5 Å². The van der Waals surface area contributed by atoms with Crippen molar-refractivity contribution in [2.24, 2.45) is 0 Å². The SMILES string of the molecule is Cc1cc(C)n(C[C@@H]2CCCN2CC(=O)N(C)CCC#N)n1. The van der Waals surface area contributed by atoms with Crippen LogP contribution in [-0.4, -0.2) is 58.2 Å². The Hall–Kier alpha value is -1.87. The van der Waals surface area contributed by atoms with E-state index < -0.39 is 0 Å². The molecule has 6 heteroatoms. The van der Waals surface area contributed by atoms with Gasteiger partial charge in [-0.3, -0.25) is 14.4 Å². The highest BCUT2D eigenvalue weighted by Gasteiger charge is 2.28. The third-order valence-corrected chi connectivity index (χ3v) is 4.31. The molecule has 0 aromatic carbocycles. The van der Waals surface area contributed by atoms with Crippen LogP contribution in [-0.2, 0) is 11.3 Å². The average Bonchev–Trinajstić information content (AvgIpc) is 3.03. The van der Waals surface area contributed by atoms with Gasteiger partial charge in [0.05, 0.1) is 31.3 Å². The van der Waals surface area contributed by atoms with Gasteiger partial charge in [0.1, 0.15) is 0 Å². The Morgan fingerprint density at radius 1 is 1.55 bits per heavy atom. The zero-order chi connectivity index (χ0) is 16.1. The minimum Gasteiger partial charge on any atom is -0.344 e. The fourth-order valence-corrected chi connectivity index (χ4v) is 3.01. The molecule has 2 rings (SSSR count). The van der Waals surface area contributed by atoms with Gasteiger partial charge in [-0.05, 0) is 39.3 Å². The monoisotopic (exact) mass is 303 g/mol. The number of likely N-dealkylation sites (N-methyl/N-ethyl adjacent to an activating group) is 1. The molecule has 1 aliphatic rings. The number of likely N-dealkylation sites (tertiary alicyclic amines) is 1. The fraction of sp³-hybridized carbons (Fsp3) is 0.688. The van der Waals surface area contributed by atoms with E-state index in [2.05, 4.69) is 29.1 Å². The molecular weight excluding hydrogens is 278 g/mol. The summed E-state index contributed by atoms with van der Waals surface area (Å²) in [5.41, 5.74) is 2.20. The number of nitriles is 1. The van der Waals surface area contributed by atoms with E-state index in [0.29, 0.717) is 25.6 Å². The van der Waals surface area contributed by atoms with Crippen molar-refractivity contribution in [3.63, 3.8) is 0 Å². The number of aryl methyl sites for hydroxylation is 2. The molecule has 1 fully saturated rings. The van der Waals surface area contributed by atoms with Gasteiger partial charge in [-0.15, -0.1) is 0 Å². The summed E-state index contributed by atoms with van der Waals surface area (Å²) in [5, 5.41) is 13.1. The lowest BCUT2D eigenvalue weighted by Crippen LogP contribution is -2.42. The molecule has 120 valence electrons. The predicted molar refractivity (Wildman–Crippen MR) is 84.2 cm³/mol. The van der Waals surface area contributed by atoms with E-state index in [-0.39, 0.29) is 5.91 Å². The summed E-state index contributed by atoms with van der Waals surface area (Å²) in [6.45, 7) is 6.82. The smallest absolute Gasteiger partial charge is 0.236 e. The number of carbonyl (C=O) groups is 1. The quantitative estimate of drug-likeness (QED) is 0.795. The number of aromatic nitrogens is 2. The minimum atomic E-state index is 0.0931. The first-order valence-corrected chi connectivity index (χ1v) is 7.87. The highest BCUT2D eigenvalue weighted by Crippen LogP contribution is 2.19. The van der Waals surface area contributed by atoms with Crippen LogP contribution in [0.15, 0.2) is 6.07 Å². The van der Waals surface area contributed by atoms with E-state index in [4.69, 9.17) is 5.26 Å². The molecule has 6 nitrogen and oxygen atoms in total. The van der Waals surface area contributed by atoms with Crippen LogP contribution in [0, 0.1) is 25.2 Å². The topological polar surface area (TPSA) is 65.2 Å². The van der Waals surface area contributed by atoms with Crippen molar-refractivity contribution >= 4 is 5.91 Å². The van der Waals surface area contributed by atoms with Crippen LogP contribution in [0.1, 0.15) is 30.7 Å². The van der Waals surface area contributed by atoms with E-state index >= 15 is 0 Å². The highest BCUT2D eigenvalue weighted by molar-refractivity contribution is 5.78. The fourth-order valence-electron chi connectivity index (χ4n) is 3.01. The van der Waals surface area contributed by atoms with Gasteiger partial charge < -0.3 is 4.90 Å². The van der Waals surface area contributed by atoms with Crippen LogP contribution in [0.25, 0.3) is 0 Å². The molecule has 1 aromatic heterocycles. The molecule has 0 radical (unpaired) electrons.